The van der Waals surface area contributed by atoms with Gasteiger partial charge in [0.15, 0.2) is 11.6 Å². The van der Waals surface area contributed by atoms with Crippen molar-refractivity contribution in [1.29, 1.82) is 0 Å². The molecule has 0 aromatic heterocycles. The van der Waals surface area contributed by atoms with Gasteiger partial charge in [-0.05, 0) is 31.2 Å². The zero-order valence-corrected chi connectivity index (χ0v) is 11.1. The van der Waals surface area contributed by atoms with Crippen LogP contribution in [0.5, 0.6) is 0 Å². The van der Waals surface area contributed by atoms with Gasteiger partial charge in [-0.25, -0.2) is 8.78 Å². The van der Waals surface area contributed by atoms with Crippen molar-refractivity contribution >= 4 is 0 Å². The molecule has 0 spiro atoms. The molecule has 0 saturated carbocycles. The van der Waals surface area contributed by atoms with Crippen LogP contribution in [0.25, 0.3) is 0 Å². The van der Waals surface area contributed by atoms with Gasteiger partial charge >= 0.3 is 0 Å². The highest BCUT2D eigenvalue weighted by Gasteiger charge is 2.23. The van der Waals surface area contributed by atoms with Gasteiger partial charge in [-0.3, -0.25) is 4.90 Å². The van der Waals surface area contributed by atoms with Gasteiger partial charge in [0.2, 0.25) is 0 Å². The van der Waals surface area contributed by atoms with E-state index in [1.54, 1.807) is 6.07 Å². The molecule has 0 aliphatic carbocycles. The van der Waals surface area contributed by atoms with Crippen LogP contribution in [0.2, 0.25) is 0 Å². The number of aliphatic hydroxyl groups excluding tert-OH is 1. The maximum Gasteiger partial charge on any atom is 0.159 e. The van der Waals surface area contributed by atoms with Crippen molar-refractivity contribution in [3.05, 3.63) is 35.4 Å². The summed E-state index contributed by atoms with van der Waals surface area (Å²) >= 11 is 0. The summed E-state index contributed by atoms with van der Waals surface area (Å²) in [6.07, 6.45) is 0.741. The Kier molecular flexibility index (Phi) is 4.85. The summed E-state index contributed by atoms with van der Waals surface area (Å²) in [4.78, 5) is 4.45. The van der Waals surface area contributed by atoms with E-state index < -0.39 is 11.6 Å². The summed E-state index contributed by atoms with van der Waals surface area (Å²) in [6.45, 7) is 3.46. The largest absolute Gasteiger partial charge is 0.396 e. The Bertz CT molecular complexity index is 428. The van der Waals surface area contributed by atoms with E-state index >= 15 is 0 Å². The molecule has 1 heterocycles. The molecule has 1 saturated heterocycles. The molecule has 5 heteroatoms. The molecule has 1 atom stereocenters. The average molecular weight is 270 g/mol. The van der Waals surface area contributed by atoms with Crippen molar-refractivity contribution in [3.63, 3.8) is 0 Å². The summed E-state index contributed by atoms with van der Waals surface area (Å²) in [5.41, 5.74) is 0.784. The number of benzene rings is 1. The van der Waals surface area contributed by atoms with Crippen molar-refractivity contribution < 1.29 is 13.9 Å². The van der Waals surface area contributed by atoms with Crippen molar-refractivity contribution in [2.75, 3.05) is 33.3 Å². The van der Waals surface area contributed by atoms with Gasteiger partial charge in [0.05, 0.1) is 0 Å². The van der Waals surface area contributed by atoms with Crippen LogP contribution in [0.4, 0.5) is 8.78 Å². The summed E-state index contributed by atoms with van der Waals surface area (Å²) in [7, 11) is 2.05. The number of hydrogen-bond acceptors (Lipinski definition) is 3. The SMILES string of the molecule is CN1CCN(Cc2ccc(F)c(F)c2)CC1CCO. The highest BCUT2D eigenvalue weighted by atomic mass is 19.2. The Balaban J connectivity index is 1.97. The standard InChI is InChI=1S/C14H20F2N2O/c1-17-5-6-18(10-12(17)4-7-19)9-11-2-3-13(15)14(16)8-11/h2-3,8,12,19H,4-7,9-10H2,1H3. The third-order valence-corrected chi connectivity index (χ3v) is 3.71. The Morgan fingerprint density at radius 2 is 2.05 bits per heavy atom. The minimum absolute atomic E-state index is 0.175. The Hall–Kier alpha value is -1.04. The number of hydrogen-bond donors (Lipinski definition) is 1. The van der Waals surface area contributed by atoms with Crippen molar-refractivity contribution in [3.8, 4) is 0 Å². The zero-order valence-electron chi connectivity index (χ0n) is 11.1. The maximum atomic E-state index is 13.2. The molecule has 19 heavy (non-hydrogen) atoms. The van der Waals surface area contributed by atoms with Gasteiger partial charge in [0, 0.05) is 38.8 Å². The molecule has 1 aromatic rings. The normalized spacial score (nSPS) is 21.8. The smallest absolute Gasteiger partial charge is 0.159 e. The number of nitrogens with zero attached hydrogens (tertiary/aromatic N) is 2. The molecule has 1 unspecified atom stereocenters. The van der Waals surface area contributed by atoms with E-state index in [1.807, 2.05) is 0 Å². The molecule has 3 nitrogen and oxygen atoms in total. The molecule has 2 rings (SSSR count). The first-order valence-electron chi connectivity index (χ1n) is 6.57. The number of likely N-dealkylation sites (N-methyl/N-ethyl adjacent to an activating group) is 1. The molecule has 106 valence electrons. The lowest BCUT2D eigenvalue weighted by atomic mass is 10.1. The van der Waals surface area contributed by atoms with Crippen LogP contribution in [-0.2, 0) is 6.54 Å². The Morgan fingerprint density at radius 3 is 2.74 bits per heavy atom. The lowest BCUT2D eigenvalue weighted by Gasteiger charge is -2.39. The first-order valence-corrected chi connectivity index (χ1v) is 6.57. The van der Waals surface area contributed by atoms with Crippen LogP contribution in [0.1, 0.15) is 12.0 Å². The van der Waals surface area contributed by atoms with E-state index in [1.165, 1.54) is 12.1 Å². The third kappa shape index (κ3) is 3.72. The molecule has 0 radical (unpaired) electrons. The predicted octanol–water partition coefficient (Wildman–Crippen LogP) is 1.46. The molecule has 1 aliphatic heterocycles. The summed E-state index contributed by atoms with van der Waals surface area (Å²) in [5.74, 6) is -1.60. The number of rotatable bonds is 4. The lowest BCUT2D eigenvalue weighted by Crippen LogP contribution is -2.51. The van der Waals surface area contributed by atoms with Gasteiger partial charge in [-0.1, -0.05) is 6.07 Å². The molecular weight excluding hydrogens is 250 g/mol. The van der Waals surface area contributed by atoms with Crippen LogP contribution in [0.15, 0.2) is 18.2 Å². The molecular formula is C14H20F2N2O. The van der Waals surface area contributed by atoms with Crippen LogP contribution in [0.3, 0.4) is 0 Å². The highest BCUT2D eigenvalue weighted by molar-refractivity contribution is 5.17. The second-order valence-electron chi connectivity index (χ2n) is 5.13. The molecule has 1 aliphatic rings. The highest BCUT2D eigenvalue weighted by Crippen LogP contribution is 2.15. The van der Waals surface area contributed by atoms with Crippen molar-refractivity contribution in [1.82, 2.24) is 9.80 Å². The van der Waals surface area contributed by atoms with Crippen LogP contribution in [-0.4, -0.2) is 54.2 Å². The fraction of sp³-hybridized carbons (Fsp3) is 0.571. The van der Waals surface area contributed by atoms with Crippen LogP contribution in [0, 0.1) is 11.6 Å². The molecule has 1 aromatic carbocycles. The van der Waals surface area contributed by atoms with Crippen molar-refractivity contribution in [2.45, 2.75) is 19.0 Å². The quantitative estimate of drug-likeness (QED) is 0.897. The zero-order chi connectivity index (χ0) is 13.8. The summed E-state index contributed by atoms with van der Waals surface area (Å²) in [6, 6.07) is 4.38. The topological polar surface area (TPSA) is 26.7 Å². The first-order chi connectivity index (χ1) is 9.10. The first kappa shape index (κ1) is 14.4. The van der Waals surface area contributed by atoms with E-state index in [-0.39, 0.29) is 6.61 Å². The molecule has 1 fully saturated rings. The lowest BCUT2D eigenvalue weighted by molar-refractivity contribution is 0.0742. The average Bonchev–Trinajstić information content (AvgIpc) is 2.38. The molecule has 1 N–H and O–H groups in total. The van der Waals surface area contributed by atoms with Crippen LogP contribution < -0.4 is 0 Å². The van der Waals surface area contributed by atoms with Gasteiger partial charge in [-0.2, -0.15) is 0 Å². The van der Waals surface area contributed by atoms with E-state index in [4.69, 9.17) is 5.11 Å². The van der Waals surface area contributed by atoms with E-state index in [2.05, 4.69) is 16.8 Å². The third-order valence-electron chi connectivity index (χ3n) is 3.71. The molecule has 0 amide bonds. The van der Waals surface area contributed by atoms with E-state index in [0.29, 0.717) is 12.6 Å². The summed E-state index contributed by atoms with van der Waals surface area (Å²) < 4.78 is 26.0. The van der Waals surface area contributed by atoms with Gasteiger partial charge in [0.25, 0.3) is 0 Å². The number of halogens is 2. The van der Waals surface area contributed by atoms with E-state index in [9.17, 15) is 8.78 Å². The minimum Gasteiger partial charge on any atom is -0.396 e. The van der Waals surface area contributed by atoms with Gasteiger partial charge < -0.3 is 10.0 Å². The second kappa shape index (κ2) is 6.41. The predicted molar refractivity (Wildman–Crippen MR) is 69.8 cm³/mol. The molecule has 0 bridgehead atoms. The monoisotopic (exact) mass is 270 g/mol. The Morgan fingerprint density at radius 1 is 1.26 bits per heavy atom. The number of piperazine rings is 1. The maximum absolute atomic E-state index is 13.2. The van der Waals surface area contributed by atoms with Crippen molar-refractivity contribution in [2.24, 2.45) is 0 Å². The Labute approximate surface area is 112 Å². The summed E-state index contributed by atoms with van der Waals surface area (Å²) in [5, 5.41) is 9.04. The fourth-order valence-corrected chi connectivity index (χ4v) is 2.51. The van der Waals surface area contributed by atoms with Gasteiger partial charge in [-0.15, -0.1) is 0 Å². The second-order valence-corrected chi connectivity index (χ2v) is 5.13. The van der Waals surface area contributed by atoms with E-state index in [0.717, 1.165) is 31.6 Å². The minimum atomic E-state index is -0.805. The van der Waals surface area contributed by atoms with Gasteiger partial charge in [0.1, 0.15) is 0 Å². The van der Waals surface area contributed by atoms with Crippen LogP contribution >= 0.6 is 0 Å². The fourth-order valence-electron chi connectivity index (χ4n) is 2.51. The number of aliphatic hydroxyl groups is 1.